The Labute approximate surface area is 109 Å². The minimum absolute atomic E-state index is 0.305. The zero-order chi connectivity index (χ0) is 13.6. The molecule has 0 bridgehead atoms. The Morgan fingerprint density at radius 2 is 1.94 bits per heavy atom. The van der Waals surface area contributed by atoms with Crippen LogP contribution in [0.25, 0.3) is 6.08 Å². The van der Waals surface area contributed by atoms with Gasteiger partial charge in [-0.25, -0.2) is 12.7 Å². The minimum Gasteiger partial charge on any atom is -0.393 e. The van der Waals surface area contributed by atoms with E-state index in [9.17, 15) is 8.42 Å². The van der Waals surface area contributed by atoms with Crippen LogP contribution in [0.4, 0.5) is 0 Å². The number of sulfonamides is 1. The number of rotatable bonds is 6. The zero-order valence-electron chi connectivity index (χ0n) is 10.7. The molecule has 1 aromatic carbocycles. The third-order valence-corrected chi connectivity index (χ3v) is 4.06. The lowest BCUT2D eigenvalue weighted by Crippen LogP contribution is -2.27. The molecule has 0 spiro atoms. The molecule has 0 amide bonds. The molecule has 0 heterocycles. The number of nitrogens with zero attached hydrogens (tertiary/aromatic N) is 1. The molecule has 1 atom stereocenters. The maximum atomic E-state index is 11.9. The average molecular weight is 269 g/mol. The normalized spacial score (nSPS) is 14.2. The smallest absolute Gasteiger partial charge is 0.235 e. The second-order valence-corrected chi connectivity index (χ2v) is 6.14. The van der Waals surface area contributed by atoms with Gasteiger partial charge in [-0.2, -0.15) is 0 Å². The van der Waals surface area contributed by atoms with E-state index in [2.05, 4.69) is 0 Å². The first kappa shape index (κ1) is 14.9. The van der Waals surface area contributed by atoms with Gasteiger partial charge in [0, 0.05) is 19.0 Å². The summed E-state index contributed by atoms with van der Waals surface area (Å²) in [6.07, 6.45) is 1.49. The average Bonchev–Trinajstić information content (AvgIpc) is 2.34. The fourth-order valence-electron chi connectivity index (χ4n) is 1.33. The van der Waals surface area contributed by atoms with Crippen LogP contribution in [0.15, 0.2) is 35.7 Å². The summed E-state index contributed by atoms with van der Waals surface area (Å²) in [5, 5.41) is 10.3. The molecule has 0 saturated heterocycles. The molecule has 0 aromatic heterocycles. The molecule has 0 aliphatic heterocycles. The van der Waals surface area contributed by atoms with Crippen LogP contribution in [0.3, 0.4) is 0 Å². The second-order valence-electron chi connectivity index (χ2n) is 4.22. The molecule has 4 nitrogen and oxygen atoms in total. The zero-order valence-corrected chi connectivity index (χ0v) is 11.5. The van der Waals surface area contributed by atoms with Crippen molar-refractivity contribution in [3.05, 3.63) is 41.3 Å². The van der Waals surface area contributed by atoms with Gasteiger partial charge in [-0.1, -0.05) is 30.3 Å². The molecule has 0 fully saturated rings. The van der Waals surface area contributed by atoms with Gasteiger partial charge in [-0.05, 0) is 25.0 Å². The number of hydrogen-bond acceptors (Lipinski definition) is 3. The van der Waals surface area contributed by atoms with E-state index in [-0.39, 0.29) is 0 Å². The van der Waals surface area contributed by atoms with E-state index in [1.54, 1.807) is 13.0 Å². The van der Waals surface area contributed by atoms with Crippen LogP contribution in [0.5, 0.6) is 0 Å². The Morgan fingerprint density at radius 3 is 2.50 bits per heavy atom. The number of benzene rings is 1. The van der Waals surface area contributed by atoms with Gasteiger partial charge in [0.05, 0.1) is 6.10 Å². The number of hydrogen-bond donors (Lipinski definition) is 1. The van der Waals surface area contributed by atoms with Gasteiger partial charge in [-0.15, -0.1) is 0 Å². The first-order chi connectivity index (χ1) is 8.42. The molecule has 1 aromatic rings. The van der Waals surface area contributed by atoms with Crippen LogP contribution in [-0.4, -0.2) is 37.5 Å². The van der Waals surface area contributed by atoms with Crippen molar-refractivity contribution in [2.45, 2.75) is 19.4 Å². The van der Waals surface area contributed by atoms with Gasteiger partial charge in [0.2, 0.25) is 10.0 Å². The minimum atomic E-state index is -3.41. The lowest BCUT2D eigenvalue weighted by atomic mass is 10.2. The van der Waals surface area contributed by atoms with Gasteiger partial charge in [0.25, 0.3) is 0 Å². The summed E-state index contributed by atoms with van der Waals surface area (Å²) < 4.78 is 25.0. The fraction of sp³-hybridized carbons (Fsp3) is 0.385. The van der Waals surface area contributed by atoms with Crippen molar-refractivity contribution in [1.82, 2.24) is 4.31 Å². The Balaban J connectivity index is 2.67. The third-order valence-electron chi connectivity index (χ3n) is 2.53. The van der Waals surface area contributed by atoms with Crippen LogP contribution in [0.1, 0.15) is 18.9 Å². The molecule has 0 radical (unpaired) electrons. The van der Waals surface area contributed by atoms with E-state index in [0.29, 0.717) is 13.0 Å². The molecule has 5 heteroatoms. The SMILES string of the molecule is CC(O)CCN(C)S(=O)(=O)/C=C/c1ccccc1. The maximum absolute atomic E-state index is 11.9. The molecule has 0 saturated carbocycles. The van der Waals surface area contributed by atoms with E-state index in [4.69, 9.17) is 5.11 Å². The van der Waals surface area contributed by atoms with Crippen LogP contribution in [0.2, 0.25) is 0 Å². The van der Waals surface area contributed by atoms with Crippen molar-refractivity contribution >= 4 is 16.1 Å². The summed E-state index contributed by atoms with van der Waals surface area (Å²) in [5.41, 5.74) is 0.838. The largest absolute Gasteiger partial charge is 0.393 e. The molecule has 18 heavy (non-hydrogen) atoms. The van der Waals surface area contributed by atoms with Crippen LogP contribution < -0.4 is 0 Å². The van der Waals surface area contributed by atoms with E-state index < -0.39 is 16.1 Å². The second kappa shape index (κ2) is 6.68. The fourth-order valence-corrected chi connectivity index (χ4v) is 2.23. The molecule has 100 valence electrons. The highest BCUT2D eigenvalue weighted by Gasteiger charge is 2.14. The monoisotopic (exact) mass is 269 g/mol. The van der Waals surface area contributed by atoms with Gasteiger partial charge in [-0.3, -0.25) is 0 Å². The van der Waals surface area contributed by atoms with E-state index >= 15 is 0 Å². The number of aliphatic hydroxyl groups is 1. The summed E-state index contributed by atoms with van der Waals surface area (Å²) in [6, 6.07) is 9.25. The van der Waals surface area contributed by atoms with Gasteiger partial charge in [0.15, 0.2) is 0 Å². The first-order valence-electron chi connectivity index (χ1n) is 5.79. The van der Waals surface area contributed by atoms with Crippen molar-refractivity contribution < 1.29 is 13.5 Å². The van der Waals surface area contributed by atoms with Crippen molar-refractivity contribution in [2.24, 2.45) is 0 Å². The van der Waals surface area contributed by atoms with Crippen LogP contribution in [0, 0.1) is 0 Å². The maximum Gasteiger partial charge on any atom is 0.235 e. The van der Waals surface area contributed by atoms with E-state index in [0.717, 1.165) is 5.56 Å². The highest BCUT2D eigenvalue weighted by Crippen LogP contribution is 2.07. The number of aliphatic hydroxyl groups excluding tert-OH is 1. The van der Waals surface area contributed by atoms with E-state index in [1.807, 2.05) is 30.3 Å². The molecular formula is C13H19NO3S. The van der Waals surface area contributed by atoms with Crippen molar-refractivity contribution in [1.29, 1.82) is 0 Å². The molecule has 1 N–H and O–H groups in total. The highest BCUT2D eigenvalue weighted by molar-refractivity contribution is 7.92. The lowest BCUT2D eigenvalue weighted by molar-refractivity contribution is 0.177. The van der Waals surface area contributed by atoms with Crippen LogP contribution >= 0.6 is 0 Å². The Bertz CT molecular complexity index is 480. The third kappa shape index (κ3) is 5.00. The van der Waals surface area contributed by atoms with Gasteiger partial charge in [0.1, 0.15) is 0 Å². The lowest BCUT2D eigenvalue weighted by Gasteiger charge is -2.15. The van der Waals surface area contributed by atoms with Crippen molar-refractivity contribution in [2.75, 3.05) is 13.6 Å². The molecule has 0 aliphatic rings. The Morgan fingerprint density at radius 1 is 1.33 bits per heavy atom. The van der Waals surface area contributed by atoms with Crippen molar-refractivity contribution in [3.8, 4) is 0 Å². The topological polar surface area (TPSA) is 57.6 Å². The predicted octanol–water partition coefficient (Wildman–Crippen LogP) is 1.69. The molecule has 1 rings (SSSR count). The quantitative estimate of drug-likeness (QED) is 0.855. The van der Waals surface area contributed by atoms with Gasteiger partial charge >= 0.3 is 0 Å². The Hall–Kier alpha value is -1.17. The van der Waals surface area contributed by atoms with Crippen molar-refractivity contribution in [3.63, 3.8) is 0 Å². The predicted molar refractivity (Wildman–Crippen MR) is 73.3 cm³/mol. The molecule has 1 unspecified atom stereocenters. The summed E-state index contributed by atoms with van der Waals surface area (Å²) in [5.74, 6) is 0. The summed E-state index contributed by atoms with van der Waals surface area (Å²) in [4.78, 5) is 0. The summed E-state index contributed by atoms with van der Waals surface area (Å²) in [7, 11) is -1.91. The Kier molecular flexibility index (Phi) is 5.53. The van der Waals surface area contributed by atoms with Gasteiger partial charge < -0.3 is 5.11 Å². The molecular weight excluding hydrogens is 250 g/mol. The summed E-state index contributed by atoms with van der Waals surface area (Å²) >= 11 is 0. The summed E-state index contributed by atoms with van der Waals surface area (Å²) in [6.45, 7) is 1.94. The van der Waals surface area contributed by atoms with Crippen LogP contribution in [-0.2, 0) is 10.0 Å². The molecule has 0 aliphatic carbocycles. The standard InChI is InChI=1S/C13H19NO3S/c1-12(15)8-10-14(2)18(16,17)11-9-13-6-4-3-5-7-13/h3-7,9,11-12,15H,8,10H2,1-2H3/b11-9+. The van der Waals surface area contributed by atoms with E-state index in [1.165, 1.54) is 16.8 Å². The first-order valence-corrected chi connectivity index (χ1v) is 7.29. The highest BCUT2D eigenvalue weighted by atomic mass is 32.2.